The Bertz CT molecular complexity index is 808. The van der Waals surface area contributed by atoms with Gasteiger partial charge in [0, 0.05) is 22.6 Å². The number of anilines is 1. The third-order valence-electron chi connectivity index (χ3n) is 3.15. The largest absolute Gasteiger partial charge is 0.478 e. The number of carbonyl (C=O) groups excluding carboxylic acids is 2. The lowest BCUT2D eigenvalue weighted by molar-refractivity contribution is -0.131. The molecular weight excluding hydrogens is 330 g/mol. The number of amides is 1. The number of aryl methyl sites for hydroxylation is 1. The number of rotatable bonds is 5. The van der Waals surface area contributed by atoms with Crippen LogP contribution in [0, 0.1) is 6.92 Å². The van der Waals surface area contributed by atoms with Crippen molar-refractivity contribution in [1.29, 1.82) is 0 Å². The molecule has 124 valence electrons. The lowest BCUT2D eigenvalue weighted by Crippen LogP contribution is -2.12. The zero-order chi connectivity index (χ0) is 17.7. The molecule has 0 unspecified atom stereocenters. The van der Waals surface area contributed by atoms with Crippen LogP contribution >= 0.6 is 11.3 Å². The van der Waals surface area contributed by atoms with Crippen LogP contribution in [-0.2, 0) is 14.3 Å². The van der Waals surface area contributed by atoms with E-state index in [1.54, 1.807) is 0 Å². The number of hydrogen-bond acceptors (Lipinski definition) is 5. The van der Waals surface area contributed by atoms with Gasteiger partial charge in [0.15, 0.2) is 0 Å². The van der Waals surface area contributed by atoms with Crippen LogP contribution in [0.1, 0.15) is 15.2 Å². The van der Waals surface area contributed by atoms with E-state index in [1.807, 2.05) is 37.3 Å². The van der Waals surface area contributed by atoms with Crippen molar-refractivity contribution in [3.05, 3.63) is 52.9 Å². The Morgan fingerprint density at radius 2 is 1.83 bits per heavy atom. The number of esters is 1. The van der Waals surface area contributed by atoms with Gasteiger partial charge in [0.2, 0.25) is 5.91 Å². The molecule has 0 atom stereocenters. The molecule has 24 heavy (non-hydrogen) atoms. The SMILES string of the molecule is COC(=O)c1c(NC(=O)/C=C/C(=O)O)sc(C)c1-c1ccccc1. The van der Waals surface area contributed by atoms with Gasteiger partial charge in [-0.05, 0) is 12.5 Å². The molecular formula is C17H15NO5S. The van der Waals surface area contributed by atoms with E-state index in [4.69, 9.17) is 9.84 Å². The van der Waals surface area contributed by atoms with Gasteiger partial charge in [-0.1, -0.05) is 30.3 Å². The first-order chi connectivity index (χ1) is 11.4. The van der Waals surface area contributed by atoms with Crippen molar-refractivity contribution in [3.63, 3.8) is 0 Å². The van der Waals surface area contributed by atoms with Crippen molar-refractivity contribution in [2.45, 2.75) is 6.92 Å². The maximum atomic E-state index is 12.2. The van der Waals surface area contributed by atoms with Crippen LogP contribution in [0.3, 0.4) is 0 Å². The molecule has 6 nitrogen and oxygen atoms in total. The number of ether oxygens (including phenoxy) is 1. The third kappa shape index (κ3) is 3.88. The first-order valence-electron chi connectivity index (χ1n) is 6.93. The highest BCUT2D eigenvalue weighted by Crippen LogP contribution is 2.40. The summed E-state index contributed by atoms with van der Waals surface area (Å²) in [6.45, 7) is 1.84. The quantitative estimate of drug-likeness (QED) is 0.642. The van der Waals surface area contributed by atoms with E-state index < -0.39 is 17.8 Å². The van der Waals surface area contributed by atoms with E-state index in [0.29, 0.717) is 10.6 Å². The number of benzene rings is 1. The van der Waals surface area contributed by atoms with E-state index in [2.05, 4.69) is 5.32 Å². The summed E-state index contributed by atoms with van der Waals surface area (Å²) in [6.07, 6.45) is 1.62. The van der Waals surface area contributed by atoms with Gasteiger partial charge in [-0.25, -0.2) is 9.59 Å². The lowest BCUT2D eigenvalue weighted by atomic mass is 10.0. The van der Waals surface area contributed by atoms with Gasteiger partial charge in [0.05, 0.1) is 7.11 Å². The molecule has 1 aromatic heterocycles. The molecule has 0 saturated carbocycles. The number of nitrogens with one attached hydrogen (secondary N) is 1. The molecule has 1 aromatic carbocycles. The van der Waals surface area contributed by atoms with Crippen molar-refractivity contribution in [2.75, 3.05) is 12.4 Å². The molecule has 0 aliphatic rings. The fourth-order valence-electron chi connectivity index (χ4n) is 2.18. The normalized spacial score (nSPS) is 10.6. The summed E-state index contributed by atoms with van der Waals surface area (Å²) in [4.78, 5) is 35.4. The minimum absolute atomic E-state index is 0.253. The molecule has 2 N–H and O–H groups in total. The van der Waals surface area contributed by atoms with Gasteiger partial charge >= 0.3 is 11.9 Å². The van der Waals surface area contributed by atoms with Gasteiger partial charge in [-0.2, -0.15) is 0 Å². The summed E-state index contributed by atoms with van der Waals surface area (Å²) in [5.41, 5.74) is 1.77. The van der Waals surface area contributed by atoms with Gasteiger partial charge in [0.1, 0.15) is 10.6 Å². The number of thiophene rings is 1. The van der Waals surface area contributed by atoms with Crippen molar-refractivity contribution in [1.82, 2.24) is 0 Å². The van der Waals surface area contributed by atoms with Crippen molar-refractivity contribution in [3.8, 4) is 11.1 Å². The molecule has 2 rings (SSSR count). The fourth-order valence-corrected chi connectivity index (χ4v) is 3.25. The fraction of sp³-hybridized carbons (Fsp3) is 0.118. The predicted molar refractivity (Wildman–Crippen MR) is 91.2 cm³/mol. The average molecular weight is 345 g/mol. The minimum Gasteiger partial charge on any atom is -0.478 e. The number of hydrogen-bond donors (Lipinski definition) is 2. The molecule has 7 heteroatoms. The standard InChI is InChI=1S/C17H15NO5S/c1-10-14(11-6-4-3-5-7-11)15(17(22)23-2)16(24-10)18-12(19)8-9-13(20)21/h3-9H,1-2H3,(H,18,19)(H,20,21)/b9-8+. The first-order valence-corrected chi connectivity index (χ1v) is 7.74. The summed E-state index contributed by atoms with van der Waals surface area (Å²) in [7, 11) is 1.26. The number of carboxylic acids is 1. The molecule has 0 radical (unpaired) electrons. The summed E-state index contributed by atoms with van der Waals surface area (Å²) in [5, 5.41) is 11.4. The summed E-state index contributed by atoms with van der Waals surface area (Å²) in [6, 6.07) is 9.28. The molecule has 0 bridgehead atoms. The first kappa shape index (κ1) is 17.4. The van der Waals surface area contributed by atoms with Crippen LogP contribution in [0.5, 0.6) is 0 Å². The maximum absolute atomic E-state index is 12.2. The van der Waals surface area contributed by atoms with Crippen molar-refractivity contribution >= 4 is 34.2 Å². The van der Waals surface area contributed by atoms with Crippen LogP contribution in [0.2, 0.25) is 0 Å². The Labute approximate surface area is 142 Å². The summed E-state index contributed by atoms with van der Waals surface area (Å²) in [5.74, 6) is -2.44. The smallest absolute Gasteiger partial charge is 0.341 e. The molecule has 0 aliphatic carbocycles. The van der Waals surface area contributed by atoms with Crippen LogP contribution in [-0.4, -0.2) is 30.1 Å². The Hall–Kier alpha value is -2.93. The molecule has 0 aliphatic heterocycles. The zero-order valence-electron chi connectivity index (χ0n) is 13.0. The minimum atomic E-state index is -1.23. The van der Waals surface area contributed by atoms with Crippen molar-refractivity contribution < 1.29 is 24.2 Å². The van der Waals surface area contributed by atoms with Gasteiger partial charge in [0.25, 0.3) is 0 Å². The van der Waals surface area contributed by atoms with E-state index in [-0.39, 0.29) is 5.56 Å². The van der Waals surface area contributed by atoms with E-state index in [0.717, 1.165) is 22.6 Å². The van der Waals surface area contributed by atoms with Gasteiger partial charge < -0.3 is 15.2 Å². The number of carboxylic acid groups (broad SMARTS) is 1. The predicted octanol–water partition coefficient (Wildman–Crippen LogP) is 3.09. The molecule has 0 spiro atoms. The van der Waals surface area contributed by atoms with E-state index in [1.165, 1.54) is 18.4 Å². The van der Waals surface area contributed by atoms with Gasteiger partial charge in [-0.3, -0.25) is 4.79 Å². The zero-order valence-corrected chi connectivity index (χ0v) is 13.8. The van der Waals surface area contributed by atoms with Gasteiger partial charge in [-0.15, -0.1) is 11.3 Å². The second-order valence-corrected chi connectivity index (χ2v) is 5.98. The molecule has 1 amide bonds. The molecule has 0 fully saturated rings. The Morgan fingerprint density at radius 3 is 2.42 bits per heavy atom. The lowest BCUT2D eigenvalue weighted by Gasteiger charge is -2.07. The van der Waals surface area contributed by atoms with Crippen LogP contribution in [0.15, 0.2) is 42.5 Å². The molecule has 1 heterocycles. The van der Waals surface area contributed by atoms with Crippen LogP contribution in [0.25, 0.3) is 11.1 Å². The molecule has 2 aromatic rings. The van der Waals surface area contributed by atoms with Crippen LogP contribution < -0.4 is 5.32 Å². The Morgan fingerprint density at radius 1 is 1.17 bits per heavy atom. The second-order valence-electron chi connectivity index (χ2n) is 4.76. The number of methoxy groups -OCH3 is 1. The average Bonchev–Trinajstić information content (AvgIpc) is 2.89. The number of carbonyl (C=O) groups is 3. The highest BCUT2D eigenvalue weighted by Gasteiger charge is 2.24. The highest BCUT2D eigenvalue weighted by atomic mass is 32.1. The van der Waals surface area contributed by atoms with Crippen LogP contribution in [0.4, 0.5) is 5.00 Å². The maximum Gasteiger partial charge on any atom is 0.341 e. The van der Waals surface area contributed by atoms with Crippen molar-refractivity contribution in [2.24, 2.45) is 0 Å². The summed E-state index contributed by atoms with van der Waals surface area (Å²) < 4.78 is 4.84. The van der Waals surface area contributed by atoms with E-state index >= 15 is 0 Å². The Balaban J connectivity index is 2.48. The third-order valence-corrected chi connectivity index (χ3v) is 4.17. The Kier molecular flexibility index (Phi) is 5.49. The monoisotopic (exact) mass is 345 g/mol. The molecule has 0 saturated heterocycles. The summed E-state index contributed by atoms with van der Waals surface area (Å²) >= 11 is 1.23. The van der Waals surface area contributed by atoms with E-state index in [9.17, 15) is 14.4 Å². The topological polar surface area (TPSA) is 92.7 Å². The second kappa shape index (κ2) is 7.56. The number of aliphatic carboxylic acids is 1. The highest BCUT2D eigenvalue weighted by molar-refractivity contribution is 7.17.